The van der Waals surface area contributed by atoms with Crippen molar-refractivity contribution in [2.75, 3.05) is 7.11 Å². The van der Waals surface area contributed by atoms with Gasteiger partial charge in [-0.1, -0.05) is 50.6 Å². The second-order valence-corrected chi connectivity index (χ2v) is 7.70. The summed E-state index contributed by atoms with van der Waals surface area (Å²) < 4.78 is 4.94. The summed E-state index contributed by atoms with van der Waals surface area (Å²) in [7, 11) is 1.41. The third-order valence-electron chi connectivity index (χ3n) is 5.47. The van der Waals surface area contributed by atoms with Crippen molar-refractivity contribution >= 4 is 28.5 Å². The van der Waals surface area contributed by atoms with Gasteiger partial charge in [0.1, 0.15) is 0 Å². The summed E-state index contributed by atoms with van der Waals surface area (Å²) in [4.78, 5) is 15.7. The van der Waals surface area contributed by atoms with E-state index in [1.54, 1.807) is 6.07 Å². The summed E-state index contributed by atoms with van der Waals surface area (Å²) in [5, 5.41) is 1.68. The molecule has 3 nitrogen and oxygen atoms in total. The second kappa shape index (κ2) is 8.27. The zero-order chi connectivity index (χ0) is 17.8. The Kier molecular flexibility index (Phi) is 6.06. The van der Waals surface area contributed by atoms with Crippen molar-refractivity contribution in [3.8, 4) is 0 Å². The standard InChI is InChI=1S/C21H28ClNO2/c1-3-4-5-6-8-14-9-7-10-16-17-12-15(22)13-18(21(24)25-2)20(17)23-19(16)11-14/h12-14,23H,3-11H2,1-2H3. The van der Waals surface area contributed by atoms with Gasteiger partial charge in [0.05, 0.1) is 18.2 Å². The minimum atomic E-state index is -0.333. The van der Waals surface area contributed by atoms with Gasteiger partial charge >= 0.3 is 5.97 Å². The predicted octanol–water partition coefficient (Wildman–Crippen LogP) is 6.07. The highest BCUT2D eigenvalue weighted by Gasteiger charge is 2.23. The van der Waals surface area contributed by atoms with E-state index in [0.29, 0.717) is 10.6 Å². The third kappa shape index (κ3) is 4.03. The first kappa shape index (κ1) is 18.3. The molecular weight excluding hydrogens is 334 g/mol. The van der Waals surface area contributed by atoms with Crippen LogP contribution in [0.25, 0.3) is 10.9 Å². The van der Waals surface area contributed by atoms with E-state index >= 15 is 0 Å². The Bertz CT molecular complexity index is 750. The monoisotopic (exact) mass is 361 g/mol. The Morgan fingerprint density at radius 2 is 2.16 bits per heavy atom. The number of carbonyl (C=O) groups is 1. The van der Waals surface area contributed by atoms with Crippen molar-refractivity contribution in [2.24, 2.45) is 5.92 Å². The second-order valence-electron chi connectivity index (χ2n) is 7.26. The number of aromatic nitrogens is 1. The highest BCUT2D eigenvalue weighted by Crippen LogP contribution is 2.35. The van der Waals surface area contributed by atoms with E-state index in [1.165, 1.54) is 63.3 Å². The molecule has 0 saturated heterocycles. The van der Waals surface area contributed by atoms with E-state index in [4.69, 9.17) is 16.3 Å². The fourth-order valence-electron chi connectivity index (χ4n) is 4.16. The van der Waals surface area contributed by atoms with Crippen LogP contribution in [-0.4, -0.2) is 18.1 Å². The average Bonchev–Trinajstić information content (AvgIpc) is 2.81. The van der Waals surface area contributed by atoms with Gasteiger partial charge in [-0.2, -0.15) is 0 Å². The zero-order valence-electron chi connectivity index (χ0n) is 15.3. The molecule has 136 valence electrons. The van der Waals surface area contributed by atoms with Crippen LogP contribution in [0.3, 0.4) is 0 Å². The van der Waals surface area contributed by atoms with Gasteiger partial charge in [0.25, 0.3) is 0 Å². The molecule has 0 saturated carbocycles. The molecular formula is C21H28ClNO2. The molecule has 0 fully saturated rings. The van der Waals surface area contributed by atoms with E-state index in [9.17, 15) is 4.79 Å². The molecule has 0 bridgehead atoms. The number of H-pyrrole nitrogens is 1. The van der Waals surface area contributed by atoms with Gasteiger partial charge in [0.15, 0.2) is 0 Å². The number of carbonyl (C=O) groups excluding carboxylic acids is 1. The number of aryl methyl sites for hydroxylation is 1. The molecule has 1 aromatic carbocycles. The number of hydrogen-bond acceptors (Lipinski definition) is 2. The molecule has 1 aliphatic rings. The molecule has 1 N–H and O–H groups in total. The van der Waals surface area contributed by atoms with Gasteiger partial charge in [0, 0.05) is 16.1 Å². The number of hydrogen-bond donors (Lipinski definition) is 1. The topological polar surface area (TPSA) is 42.1 Å². The summed E-state index contributed by atoms with van der Waals surface area (Å²) in [6.07, 6.45) is 11.2. The first-order chi connectivity index (χ1) is 12.1. The largest absolute Gasteiger partial charge is 0.465 e. The Labute approximate surface area is 155 Å². The SMILES string of the molecule is CCCCCCC1CCCc2c([nH]c3c(C(=O)OC)cc(Cl)cc23)C1. The molecule has 4 heteroatoms. The lowest BCUT2D eigenvalue weighted by atomic mass is 9.93. The number of halogens is 1. The lowest BCUT2D eigenvalue weighted by molar-refractivity contribution is 0.0603. The smallest absolute Gasteiger partial charge is 0.340 e. The van der Waals surface area contributed by atoms with Crippen molar-refractivity contribution in [2.45, 2.75) is 64.7 Å². The maximum Gasteiger partial charge on any atom is 0.340 e. The summed E-state index contributed by atoms with van der Waals surface area (Å²) in [5.74, 6) is 0.406. The lowest BCUT2D eigenvalue weighted by Gasteiger charge is -2.13. The number of benzene rings is 1. The van der Waals surface area contributed by atoms with E-state index in [2.05, 4.69) is 11.9 Å². The van der Waals surface area contributed by atoms with Crippen LogP contribution in [0.1, 0.15) is 73.5 Å². The highest BCUT2D eigenvalue weighted by molar-refractivity contribution is 6.32. The van der Waals surface area contributed by atoms with Crippen LogP contribution in [0.4, 0.5) is 0 Å². The van der Waals surface area contributed by atoms with Gasteiger partial charge in [-0.3, -0.25) is 0 Å². The van der Waals surface area contributed by atoms with Crippen LogP contribution in [0.15, 0.2) is 12.1 Å². The van der Waals surface area contributed by atoms with Crippen LogP contribution in [0.2, 0.25) is 5.02 Å². The number of aromatic amines is 1. The van der Waals surface area contributed by atoms with E-state index in [1.807, 2.05) is 6.07 Å². The van der Waals surface area contributed by atoms with Crippen LogP contribution < -0.4 is 0 Å². The number of fused-ring (bicyclic) bond motifs is 3. The Hall–Kier alpha value is -1.48. The average molecular weight is 362 g/mol. The van der Waals surface area contributed by atoms with Crippen molar-refractivity contribution in [3.05, 3.63) is 34.0 Å². The van der Waals surface area contributed by atoms with E-state index < -0.39 is 0 Å². The summed E-state index contributed by atoms with van der Waals surface area (Å²) in [6.45, 7) is 2.26. The van der Waals surface area contributed by atoms with Gasteiger partial charge in [0.2, 0.25) is 0 Å². The van der Waals surface area contributed by atoms with Crippen LogP contribution in [0.5, 0.6) is 0 Å². The molecule has 1 atom stereocenters. The van der Waals surface area contributed by atoms with Crippen molar-refractivity contribution in [1.29, 1.82) is 0 Å². The first-order valence-electron chi connectivity index (χ1n) is 9.55. The van der Waals surface area contributed by atoms with Crippen LogP contribution in [0, 0.1) is 5.92 Å². The molecule has 1 aromatic heterocycles. The Morgan fingerprint density at radius 1 is 1.32 bits per heavy atom. The van der Waals surface area contributed by atoms with Crippen molar-refractivity contribution < 1.29 is 9.53 Å². The number of ether oxygens (including phenoxy) is 1. The minimum Gasteiger partial charge on any atom is -0.465 e. The molecule has 0 amide bonds. The Balaban J connectivity index is 1.88. The molecule has 25 heavy (non-hydrogen) atoms. The fourth-order valence-corrected chi connectivity index (χ4v) is 4.38. The van der Waals surface area contributed by atoms with E-state index in [0.717, 1.165) is 29.7 Å². The molecule has 0 spiro atoms. The maximum absolute atomic E-state index is 12.1. The number of methoxy groups -OCH3 is 1. The number of esters is 1. The molecule has 2 aromatic rings. The first-order valence-corrected chi connectivity index (χ1v) is 9.93. The molecule has 1 aliphatic carbocycles. The molecule has 3 rings (SSSR count). The van der Waals surface area contributed by atoms with Crippen LogP contribution >= 0.6 is 11.6 Å². The van der Waals surface area contributed by atoms with Crippen LogP contribution in [-0.2, 0) is 17.6 Å². The van der Waals surface area contributed by atoms with Gasteiger partial charge in [-0.05, 0) is 49.3 Å². The van der Waals surface area contributed by atoms with Crippen molar-refractivity contribution in [3.63, 3.8) is 0 Å². The molecule has 1 heterocycles. The van der Waals surface area contributed by atoms with Gasteiger partial charge < -0.3 is 9.72 Å². The third-order valence-corrected chi connectivity index (χ3v) is 5.69. The quantitative estimate of drug-likeness (QED) is 0.385. The highest BCUT2D eigenvalue weighted by atomic mass is 35.5. The molecule has 0 aliphatic heterocycles. The summed E-state index contributed by atoms with van der Waals surface area (Å²) >= 11 is 6.27. The van der Waals surface area contributed by atoms with E-state index in [-0.39, 0.29) is 5.97 Å². The maximum atomic E-state index is 12.1. The van der Waals surface area contributed by atoms with Gasteiger partial charge in [-0.25, -0.2) is 4.79 Å². The fraction of sp³-hybridized carbons (Fsp3) is 0.571. The Morgan fingerprint density at radius 3 is 2.92 bits per heavy atom. The number of rotatable bonds is 6. The zero-order valence-corrected chi connectivity index (χ0v) is 16.0. The number of unbranched alkanes of at least 4 members (excludes halogenated alkanes) is 3. The van der Waals surface area contributed by atoms with Gasteiger partial charge in [-0.15, -0.1) is 0 Å². The molecule has 0 radical (unpaired) electrons. The minimum absolute atomic E-state index is 0.333. The summed E-state index contributed by atoms with van der Waals surface area (Å²) in [5.41, 5.74) is 4.06. The molecule has 1 unspecified atom stereocenters. The predicted molar refractivity (Wildman–Crippen MR) is 104 cm³/mol. The van der Waals surface area contributed by atoms with Crippen molar-refractivity contribution in [1.82, 2.24) is 4.98 Å². The number of nitrogens with one attached hydrogen (secondary N) is 1. The lowest BCUT2D eigenvalue weighted by Crippen LogP contribution is -2.04. The normalized spacial score (nSPS) is 17.3. The summed E-state index contributed by atoms with van der Waals surface area (Å²) in [6, 6.07) is 3.69.